The normalized spacial score (nSPS) is 11.9. The van der Waals surface area contributed by atoms with Crippen LogP contribution in [-0.2, 0) is 21.4 Å². The lowest BCUT2D eigenvalue weighted by Crippen LogP contribution is -2.43. The van der Waals surface area contributed by atoms with Crippen LogP contribution in [0.2, 0.25) is 10.0 Å². The average molecular weight is 463 g/mol. The molecule has 0 radical (unpaired) electrons. The SMILES string of the molecule is C.CNC(=O)OC[C@@H](C)N(c1cc(Cl)ccc1CO)S(=O)(=O)c1ccc(Cl)cc1. The Morgan fingerprint density at radius 1 is 1.17 bits per heavy atom. The first-order chi connectivity index (χ1) is 13.2. The van der Waals surface area contributed by atoms with Gasteiger partial charge in [-0.2, -0.15) is 0 Å². The van der Waals surface area contributed by atoms with Crippen molar-refractivity contribution in [3.8, 4) is 0 Å². The summed E-state index contributed by atoms with van der Waals surface area (Å²) in [6.07, 6.45) is -0.691. The van der Waals surface area contributed by atoms with Crippen LogP contribution in [0.4, 0.5) is 10.5 Å². The quantitative estimate of drug-likeness (QED) is 0.646. The molecule has 0 aliphatic heterocycles. The van der Waals surface area contributed by atoms with Crippen LogP contribution in [0, 0.1) is 0 Å². The minimum absolute atomic E-state index is 0. The number of hydrogen-bond acceptors (Lipinski definition) is 5. The summed E-state index contributed by atoms with van der Waals surface area (Å²) in [5.74, 6) is 0. The highest BCUT2D eigenvalue weighted by atomic mass is 35.5. The van der Waals surface area contributed by atoms with Crippen LogP contribution < -0.4 is 9.62 Å². The molecule has 0 saturated carbocycles. The van der Waals surface area contributed by atoms with Gasteiger partial charge in [0.25, 0.3) is 10.0 Å². The molecule has 1 amide bonds. The Morgan fingerprint density at radius 3 is 2.31 bits per heavy atom. The largest absolute Gasteiger partial charge is 0.447 e. The number of anilines is 1. The van der Waals surface area contributed by atoms with Crippen LogP contribution in [0.1, 0.15) is 19.9 Å². The molecule has 2 N–H and O–H groups in total. The lowest BCUT2D eigenvalue weighted by molar-refractivity contribution is 0.143. The summed E-state index contributed by atoms with van der Waals surface area (Å²) in [5, 5.41) is 12.7. The smallest absolute Gasteiger partial charge is 0.406 e. The molecule has 2 aromatic carbocycles. The highest BCUT2D eigenvalue weighted by Gasteiger charge is 2.32. The van der Waals surface area contributed by atoms with Gasteiger partial charge in [0.15, 0.2) is 0 Å². The molecule has 0 fully saturated rings. The van der Waals surface area contributed by atoms with Gasteiger partial charge in [-0.15, -0.1) is 0 Å². The number of aliphatic hydroxyl groups excluding tert-OH is 1. The van der Waals surface area contributed by atoms with Crippen molar-refractivity contribution in [2.75, 3.05) is 18.0 Å². The first-order valence-corrected chi connectivity index (χ1v) is 10.4. The number of carbonyl (C=O) groups excluding carboxylic acids is 1. The maximum atomic E-state index is 13.4. The number of nitrogens with one attached hydrogen (secondary N) is 1. The fourth-order valence-electron chi connectivity index (χ4n) is 2.54. The predicted octanol–water partition coefficient (Wildman–Crippen LogP) is 4.06. The van der Waals surface area contributed by atoms with E-state index < -0.39 is 28.8 Å². The summed E-state index contributed by atoms with van der Waals surface area (Å²) in [5.41, 5.74) is 0.548. The minimum Gasteiger partial charge on any atom is -0.447 e. The van der Waals surface area contributed by atoms with Crippen molar-refractivity contribution in [1.29, 1.82) is 0 Å². The van der Waals surface area contributed by atoms with Crippen molar-refractivity contribution in [1.82, 2.24) is 5.32 Å². The van der Waals surface area contributed by atoms with E-state index in [0.29, 0.717) is 15.6 Å². The fourth-order valence-corrected chi connectivity index (χ4v) is 4.50. The van der Waals surface area contributed by atoms with Gasteiger partial charge in [-0.25, -0.2) is 13.2 Å². The van der Waals surface area contributed by atoms with Crippen LogP contribution in [0.15, 0.2) is 47.4 Å². The van der Waals surface area contributed by atoms with Gasteiger partial charge in [0.05, 0.1) is 23.2 Å². The Balaban J connectivity index is 0.00000420. The Morgan fingerprint density at radius 2 is 1.76 bits per heavy atom. The molecule has 1 atom stereocenters. The van der Waals surface area contributed by atoms with E-state index in [1.165, 1.54) is 43.4 Å². The highest BCUT2D eigenvalue weighted by molar-refractivity contribution is 7.92. The first kappa shape index (κ1) is 25.0. The molecule has 0 bridgehead atoms. The molecule has 0 aliphatic carbocycles. The number of aliphatic hydroxyl groups is 1. The molecule has 0 heterocycles. The van der Waals surface area contributed by atoms with Crippen LogP contribution in [0.25, 0.3) is 0 Å². The number of carbonyl (C=O) groups is 1. The summed E-state index contributed by atoms with van der Waals surface area (Å²) in [4.78, 5) is 11.4. The molecule has 2 aromatic rings. The number of hydrogen-bond donors (Lipinski definition) is 2. The molecular weight excluding hydrogens is 439 g/mol. The molecule has 0 spiro atoms. The lowest BCUT2D eigenvalue weighted by atomic mass is 10.1. The third-order valence-electron chi connectivity index (χ3n) is 3.89. The van der Waals surface area contributed by atoms with Crippen LogP contribution >= 0.6 is 23.2 Å². The molecule has 7 nitrogen and oxygen atoms in total. The Hall–Kier alpha value is -2.00. The van der Waals surface area contributed by atoms with Gasteiger partial charge in [0.1, 0.15) is 6.61 Å². The number of benzene rings is 2. The van der Waals surface area contributed by atoms with Crippen molar-refractivity contribution in [2.45, 2.75) is 31.9 Å². The molecule has 0 aliphatic rings. The second-order valence-electron chi connectivity index (χ2n) is 5.88. The standard InChI is InChI=1S/C18H20Cl2N2O5S.CH4/c1-12(11-27-18(24)21-2)22(17-9-15(20)4-3-13(17)10-23)28(25,26)16-7-5-14(19)6-8-16;/h3-9,12,23H,10-11H2,1-2H3,(H,21,24);1H4/t12-;/m1./s1. The van der Waals surface area contributed by atoms with E-state index in [1.807, 2.05) is 0 Å². The number of sulfonamides is 1. The van der Waals surface area contributed by atoms with Gasteiger partial charge in [0.2, 0.25) is 0 Å². The lowest BCUT2D eigenvalue weighted by Gasteiger charge is -2.31. The topological polar surface area (TPSA) is 95.9 Å². The number of amides is 1. The maximum absolute atomic E-state index is 13.4. The molecule has 0 aromatic heterocycles. The number of rotatable bonds is 7. The summed E-state index contributed by atoms with van der Waals surface area (Å²) in [6.45, 7) is 0.963. The third kappa shape index (κ3) is 5.99. The zero-order valence-electron chi connectivity index (χ0n) is 15.2. The fraction of sp³-hybridized carbons (Fsp3) is 0.316. The van der Waals surface area contributed by atoms with E-state index in [2.05, 4.69) is 5.32 Å². The first-order valence-electron chi connectivity index (χ1n) is 8.24. The second kappa shape index (κ2) is 10.7. The average Bonchev–Trinajstić information content (AvgIpc) is 2.66. The van der Waals surface area contributed by atoms with Crippen molar-refractivity contribution in [3.63, 3.8) is 0 Å². The molecule has 0 saturated heterocycles. The molecule has 2 rings (SSSR count). The van der Waals surface area contributed by atoms with Gasteiger partial charge in [-0.05, 0) is 43.3 Å². The predicted molar refractivity (Wildman–Crippen MR) is 115 cm³/mol. The van der Waals surface area contributed by atoms with E-state index in [4.69, 9.17) is 27.9 Å². The summed E-state index contributed by atoms with van der Waals surface area (Å²) in [7, 11) is -2.68. The molecule has 10 heteroatoms. The number of ether oxygens (including phenoxy) is 1. The molecule has 160 valence electrons. The van der Waals surface area contributed by atoms with Crippen molar-refractivity contribution in [2.24, 2.45) is 0 Å². The van der Waals surface area contributed by atoms with Crippen LogP contribution in [-0.4, -0.2) is 39.3 Å². The van der Waals surface area contributed by atoms with E-state index in [0.717, 1.165) is 4.31 Å². The molecule has 29 heavy (non-hydrogen) atoms. The highest BCUT2D eigenvalue weighted by Crippen LogP contribution is 2.32. The van der Waals surface area contributed by atoms with Crippen LogP contribution in [0.5, 0.6) is 0 Å². The Labute approximate surface area is 181 Å². The van der Waals surface area contributed by atoms with Crippen molar-refractivity contribution in [3.05, 3.63) is 58.1 Å². The molecular formula is C19H24Cl2N2O5S. The number of alkyl carbamates (subject to hydrolysis) is 1. The van der Waals surface area contributed by atoms with Gasteiger partial charge in [0, 0.05) is 22.7 Å². The van der Waals surface area contributed by atoms with Crippen molar-refractivity contribution >= 4 is 45.0 Å². The summed E-state index contributed by atoms with van der Waals surface area (Å²) >= 11 is 11.9. The number of nitrogens with zero attached hydrogens (tertiary/aromatic N) is 1. The maximum Gasteiger partial charge on any atom is 0.406 e. The van der Waals surface area contributed by atoms with E-state index in [9.17, 15) is 18.3 Å². The second-order valence-corrected chi connectivity index (χ2v) is 8.57. The van der Waals surface area contributed by atoms with Crippen LogP contribution in [0.3, 0.4) is 0 Å². The number of halogens is 2. The molecule has 0 unspecified atom stereocenters. The summed E-state index contributed by atoms with van der Waals surface area (Å²) < 4.78 is 32.9. The Bertz CT molecular complexity index is 936. The van der Waals surface area contributed by atoms with E-state index in [-0.39, 0.29) is 24.6 Å². The van der Waals surface area contributed by atoms with Crippen molar-refractivity contribution < 1.29 is 23.1 Å². The monoisotopic (exact) mass is 462 g/mol. The van der Waals surface area contributed by atoms with E-state index in [1.54, 1.807) is 13.0 Å². The third-order valence-corrected chi connectivity index (χ3v) is 6.32. The van der Waals surface area contributed by atoms with Gasteiger partial charge in [-0.3, -0.25) is 4.31 Å². The zero-order chi connectivity index (χ0) is 20.9. The van der Waals surface area contributed by atoms with Gasteiger partial charge >= 0.3 is 6.09 Å². The van der Waals surface area contributed by atoms with Gasteiger partial charge in [-0.1, -0.05) is 36.7 Å². The Kier molecular flexibility index (Phi) is 9.22. The minimum atomic E-state index is -4.08. The van der Waals surface area contributed by atoms with E-state index >= 15 is 0 Å². The summed E-state index contributed by atoms with van der Waals surface area (Å²) in [6, 6.07) is 9.41. The zero-order valence-corrected chi connectivity index (χ0v) is 17.6. The van der Waals surface area contributed by atoms with Gasteiger partial charge < -0.3 is 15.2 Å².